The molecule has 0 amide bonds. The highest BCUT2D eigenvalue weighted by atomic mass is 79.9. The molecule has 0 aliphatic carbocycles. The van der Waals surface area contributed by atoms with Crippen molar-refractivity contribution in [3.8, 4) is 11.5 Å². The van der Waals surface area contributed by atoms with Crippen LogP contribution in [-0.2, 0) is 11.3 Å². The van der Waals surface area contributed by atoms with E-state index in [1.165, 1.54) is 0 Å². The number of halogens is 2. The largest absolute Gasteiger partial charge is 0.504 e. The zero-order valence-corrected chi connectivity index (χ0v) is 8.71. The van der Waals surface area contributed by atoms with Gasteiger partial charge in [0.05, 0.1) is 11.1 Å². The molecule has 1 rings (SSSR count). The summed E-state index contributed by atoms with van der Waals surface area (Å²) in [5.74, 6) is 3.28. The Kier molecular flexibility index (Phi) is 3.68. The molecule has 0 unspecified atom stereocenters. The molecule has 0 saturated heterocycles. The number of hydrogen-bond donors (Lipinski definition) is 3. The number of aromatic hydroxyl groups is 2. The van der Waals surface area contributed by atoms with E-state index in [2.05, 4.69) is 20.8 Å². The van der Waals surface area contributed by atoms with Crippen molar-refractivity contribution in [1.29, 1.82) is 0 Å². The van der Waals surface area contributed by atoms with Gasteiger partial charge in [0.2, 0.25) is 0 Å². The average molecular weight is 266 g/mol. The molecule has 0 radical (unpaired) electrons. The van der Waals surface area contributed by atoms with Crippen LogP contribution < -0.4 is 5.90 Å². The van der Waals surface area contributed by atoms with Crippen molar-refractivity contribution in [1.82, 2.24) is 0 Å². The first-order valence-corrected chi connectivity index (χ1v) is 4.57. The summed E-state index contributed by atoms with van der Waals surface area (Å²) >= 11 is 2.97. The van der Waals surface area contributed by atoms with E-state index >= 15 is 0 Å². The monoisotopic (exact) mass is 265 g/mol. The van der Waals surface area contributed by atoms with Gasteiger partial charge in [0.15, 0.2) is 11.5 Å². The quantitative estimate of drug-likeness (QED) is 0.571. The van der Waals surface area contributed by atoms with Crippen molar-refractivity contribution in [2.75, 3.05) is 6.61 Å². The number of phenols is 2. The van der Waals surface area contributed by atoms with Gasteiger partial charge in [0.25, 0.3) is 0 Å². The third kappa shape index (κ3) is 2.14. The molecular formula is C8H9BrFNO3. The molecule has 0 heterocycles. The molecule has 4 nitrogen and oxygen atoms in total. The number of hydrogen-bond acceptors (Lipinski definition) is 4. The van der Waals surface area contributed by atoms with Gasteiger partial charge in [-0.15, -0.1) is 0 Å². The zero-order chi connectivity index (χ0) is 10.7. The summed E-state index contributed by atoms with van der Waals surface area (Å²) < 4.78 is 13.3. The van der Waals surface area contributed by atoms with Crippen LogP contribution in [0.1, 0.15) is 5.56 Å². The lowest BCUT2D eigenvalue weighted by atomic mass is 10.1. The van der Waals surface area contributed by atoms with Gasteiger partial charge in [-0.2, -0.15) is 0 Å². The predicted octanol–water partition coefficient (Wildman–Crippen LogP) is 1.43. The first kappa shape index (κ1) is 11.2. The van der Waals surface area contributed by atoms with Crippen molar-refractivity contribution in [2.45, 2.75) is 6.42 Å². The van der Waals surface area contributed by atoms with Crippen LogP contribution in [0.2, 0.25) is 0 Å². The first-order valence-electron chi connectivity index (χ1n) is 3.78. The van der Waals surface area contributed by atoms with Gasteiger partial charge in [-0.3, -0.25) is 0 Å². The lowest BCUT2D eigenvalue weighted by Crippen LogP contribution is -2.05. The van der Waals surface area contributed by atoms with E-state index in [1.54, 1.807) is 0 Å². The summed E-state index contributed by atoms with van der Waals surface area (Å²) in [6.45, 7) is 0.125. The lowest BCUT2D eigenvalue weighted by molar-refractivity contribution is 0.140. The highest BCUT2D eigenvalue weighted by Crippen LogP contribution is 2.37. The highest BCUT2D eigenvalue weighted by molar-refractivity contribution is 9.10. The minimum Gasteiger partial charge on any atom is -0.504 e. The van der Waals surface area contributed by atoms with Crippen LogP contribution in [0.4, 0.5) is 4.39 Å². The fourth-order valence-electron chi connectivity index (χ4n) is 1.03. The van der Waals surface area contributed by atoms with Gasteiger partial charge < -0.3 is 15.1 Å². The maximum atomic E-state index is 13.2. The number of benzene rings is 1. The third-order valence-corrected chi connectivity index (χ3v) is 2.59. The summed E-state index contributed by atoms with van der Waals surface area (Å²) in [6.07, 6.45) is 0.205. The summed E-state index contributed by atoms with van der Waals surface area (Å²) in [5.41, 5.74) is 0.214. The molecule has 1 aromatic carbocycles. The molecule has 4 N–H and O–H groups in total. The lowest BCUT2D eigenvalue weighted by Gasteiger charge is -2.08. The van der Waals surface area contributed by atoms with E-state index in [4.69, 9.17) is 11.0 Å². The van der Waals surface area contributed by atoms with Crippen molar-refractivity contribution < 1.29 is 19.4 Å². The molecule has 6 heteroatoms. The molecular weight excluding hydrogens is 257 g/mol. The summed E-state index contributed by atoms with van der Waals surface area (Å²) in [7, 11) is 0. The zero-order valence-electron chi connectivity index (χ0n) is 7.13. The molecule has 0 saturated carbocycles. The van der Waals surface area contributed by atoms with Gasteiger partial charge in [-0.25, -0.2) is 10.3 Å². The molecule has 0 aliphatic rings. The van der Waals surface area contributed by atoms with Crippen LogP contribution in [-0.4, -0.2) is 16.8 Å². The smallest absolute Gasteiger partial charge is 0.172 e. The van der Waals surface area contributed by atoms with Gasteiger partial charge in [0.1, 0.15) is 5.82 Å². The van der Waals surface area contributed by atoms with Gasteiger partial charge in [0, 0.05) is 18.1 Å². The summed E-state index contributed by atoms with van der Waals surface area (Å²) in [6, 6.07) is 0.839. The average Bonchev–Trinajstić information content (AvgIpc) is 2.14. The molecule has 0 bridgehead atoms. The Hall–Kier alpha value is -0.850. The Balaban J connectivity index is 3.09. The fourth-order valence-corrected chi connectivity index (χ4v) is 1.62. The Labute approximate surface area is 88.2 Å². The molecule has 0 aromatic heterocycles. The van der Waals surface area contributed by atoms with E-state index in [1.807, 2.05) is 0 Å². The third-order valence-electron chi connectivity index (χ3n) is 1.74. The molecule has 1 aromatic rings. The maximum Gasteiger partial charge on any atom is 0.172 e. The Bertz CT molecular complexity index is 346. The van der Waals surface area contributed by atoms with Crippen LogP contribution >= 0.6 is 15.9 Å². The number of nitrogens with two attached hydrogens (primary N) is 1. The van der Waals surface area contributed by atoms with Crippen LogP contribution in [0.15, 0.2) is 10.5 Å². The molecule has 0 spiro atoms. The van der Waals surface area contributed by atoms with E-state index in [0.29, 0.717) is 0 Å². The number of phenolic OH excluding ortho intramolecular Hbond substituents is 2. The van der Waals surface area contributed by atoms with E-state index < -0.39 is 17.3 Å². The SMILES string of the molecule is NOCCc1c(F)cc(O)c(O)c1Br. The number of rotatable bonds is 3. The predicted molar refractivity (Wildman–Crippen MR) is 51.3 cm³/mol. The van der Waals surface area contributed by atoms with E-state index in [9.17, 15) is 9.50 Å². The highest BCUT2D eigenvalue weighted by Gasteiger charge is 2.15. The van der Waals surface area contributed by atoms with Crippen LogP contribution in [0.5, 0.6) is 11.5 Å². The van der Waals surface area contributed by atoms with Crippen molar-refractivity contribution in [3.05, 3.63) is 21.9 Å². The molecule has 0 atom stereocenters. The minimum atomic E-state index is -0.621. The fraction of sp³-hybridized carbons (Fsp3) is 0.250. The topological polar surface area (TPSA) is 75.7 Å². The molecule has 0 fully saturated rings. The van der Waals surface area contributed by atoms with Gasteiger partial charge in [-0.1, -0.05) is 0 Å². The maximum absolute atomic E-state index is 13.2. The van der Waals surface area contributed by atoms with Crippen LogP contribution in [0.3, 0.4) is 0 Å². The standard InChI is InChI=1S/C8H9BrFNO3/c9-7-4(1-2-14-11)5(10)3-6(12)8(7)13/h3,12-13H,1-2,11H2. The van der Waals surface area contributed by atoms with Crippen molar-refractivity contribution >= 4 is 15.9 Å². The Morgan fingerprint density at radius 1 is 1.50 bits per heavy atom. The second kappa shape index (κ2) is 4.59. The summed E-state index contributed by atoms with van der Waals surface area (Å²) in [5, 5.41) is 18.3. The Morgan fingerprint density at radius 3 is 2.71 bits per heavy atom. The first-order chi connectivity index (χ1) is 6.57. The van der Waals surface area contributed by atoms with Gasteiger partial charge in [-0.05, 0) is 15.9 Å². The molecule has 0 aliphatic heterocycles. The van der Waals surface area contributed by atoms with E-state index in [-0.39, 0.29) is 23.1 Å². The second-order valence-electron chi connectivity index (χ2n) is 2.64. The molecule has 78 valence electrons. The van der Waals surface area contributed by atoms with Gasteiger partial charge >= 0.3 is 0 Å². The normalized spacial score (nSPS) is 10.5. The minimum absolute atomic E-state index is 0.118. The van der Waals surface area contributed by atoms with Crippen LogP contribution in [0.25, 0.3) is 0 Å². The van der Waals surface area contributed by atoms with Crippen LogP contribution in [0, 0.1) is 5.82 Å². The van der Waals surface area contributed by atoms with Crippen molar-refractivity contribution in [3.63, 3.8) is 0 Å². The van der Waals surface area contributed by atoms with E-state index in [0.717, 1.165) is 6.07 Å². The summed E-state index contributed by atoms with van der Waals surface area (Å²) in [4.78, 5) is 4.29. The second-order valence-corrected chi connectivity index (χ2v) is 3.43. The Morgan fingerprint density at radius 2 is 2.14 bits per heavy atom. The van der Waals surface area contributed by atoms with Crippen molar-refractivity contribution in [2.24, 2.45) is 5.90 Å². The molecule has 14 heavy (non-hydrogen) atoms.